The van der Waals surface area contributed by atoms with E-state index in [1.165, 1.54) is 6.07 Å². The zero-order valence-electron chi connectivity index (χ0n) is 9.90. The molecule has 1 saturated carbocycles. The highest BCUT2D eigenvalue weighted by Crippen LogP contribution is 2.22. The Kier molecular flexibility index (Phi) is 4.72. The van der Waals surface area contributed by atoms with Gasteiger partial charge in [0.1, 0.15) is 5.82 Å². The highest BCUT2D eigenvalue weighted by Gasteiger charge is 2.18. The fourth-order valence-corrected chi connectivity index (χ4v) is 2.37. The van der Waals surface area contributed by atoms with Gasteiger partial charge >= 0.3 is 0 Å². The van der Waals surface area contributed by atoms with Crippen molar-refractivity contribution in [3.8, 4) is 0 Å². The number of halogens is 2. The van der Waals surface area contributed by atoms with Crippen LogP contribution >= 0.6 is 15.9 Å². The molecule has 0 aromatic heterocycles. The van der Waals surface area contributed by atoms with Crippen molar-refractivity contribution in [2.45, 2.75) is 38.4 Å². The third-order valence-electron chi connectivity index (χ3n) is 3.14. The van der Waals surface area contributed by atoms with Crippen LogP contribution in [0.15, 0.2) is 27.8 Å². The number of oxime groups is 1. The van der Waals surface area contributed by atoms with E-state index in [1.807, 2.05) is 0 Å². The second kappa shape index (κ2) is 6.29. The number of hydrogen-bond donors (Lipinski definition) is 1. The molecule has 2 rings (SSSR count). The van der Waals surface area contributed by atoms with Gasteiger partial charge in [0.25, 0.3) is 0 Å². The predicted octanol–water partition coefficient (Wildman–Crippen LogP) is 3.88. The number of benzene rings is 1. The largest absolute Gasteiger partial charge is 0.411 e. The van der Waals surface area contributed by atoms with Crippen LogP contribution in [0.1, 0.15) is 31.2 Å². The molecule has 0 unspecified atom stereocenters. The van der Waals surface area contributed by atoms with Crippen molar-refractivity contribution >= 4 is 21.6 Å². The van der Waals surface area contributed by atoms with Gasteiger partial charge in [0, 0.05) is 10.0 Å². The summed E-state index contributed by atoms with van der Waals surface area (Å²) in [5.41, 5.74) is 1.39. The van der Waals surface area contributed by atoms with E-state index in [1.54, 1.807) is 12.1 Å². The summed E-state index contributed by atoms with van der Waals surface area (Å²) in [6.45, 7) is 0.287. The first kappa shape index (κ1) is 13.5. The average molecular weight is 316 g/mol. The monoisotopic (exact) mass is 315 g/mol. The number of hydrogen-bond acceptors (Lipinski definition) is 3. The van der Waals surface area contributed by atoms with Gasteiger partial charge < -0.3 is 9.94 Å². The Morgan fingerprint density at radius 3 is 2.72 bits per heavy atom. The highest BCUT2D eigenvalue weighted by atomic mass is 79.9. The van der Waals surface area contributed by atoms with Crippen LogP contribution in [0.2, 0.25) is 0 Å². The molecule has 0 heterocycles. The van der Waals surface area contributed by atoms with E-state index < -0.39 is 0 Å². The lowest BCUT2D eigenvalue weighted by atomic mass is 9.96. The molecule has 0 spiro atoms. The van der Waals surface area contributed by atoms with Gasteiger partial charge in [-0.05, 0) is 37.8 Å². The molecule has 18 heavy (non-hydrogen) atoms. The third kappa shape index (κ3) is 3.53. The molecule has 0 bridgehead atoms. The van der Waals surface area contributed by atoms with Gasteiger partial charge in [-0.15, -0.1) is 0 Å². The summed E-state index contributed by atoms with van der Waals surface area (Å²) >= 11 is 3.22. The minimum Gasteiger partial charge on any atom is -0.411 e. The Labute approximate surface area is 114 Å². The second-order valence-corrected chi connectivity index (χ2v) is 5.33. The van der Waals surface area contributed by atoms with Crippen LogP contribution in [0.3, 0.4) is 0 Å². The molecule has 1 N–H and O–H groups in total. The first-order chi connectivity index (χ1) is 8.69. The SMILES string of the molecule is ON=C1CCC(OCc2ccc(Br)cc2F)CC1. The second-order valence-electron chi connectivity index (χ2n) is 4.41. The van der Waals surface area contributed by atoms with E-state index in [0.717, 1.165) is 35.9 Å². The Morgan fingerprint density at radius 2 is 2.11 bits per heavy atom. The molecule has 0 aliphatic heterocycles. The molecule has 5 heteroatoms. The van der Waals surface area contributed by atoms with E-state index in [9.17, 15) is 4.39 Å². The average Bonchev–Trinajstić information content (AvgIpc) is 2.38. The first-order valence-corrected chi connectivity index (χ1v) is 6.73. The van der Waals surface area contributed by atoms with Crippen molar-refractivity contribution in [2.75, 3.05) is 0 Å². The standard InChI is InChI=1S/C13H15BrFNO2/c14-10-2-1-9(13(15)7-10)8-18-12-5-3-11(16-17)4-6-12/h1-2,7,12,17H,3-6,8H2. The van der Waals surface area contributed by atoms with Crippen LogP contribution < -0.4 is 0 Å². The van der Waals surface area contributed by atoms with Crippen molar-refractivity contribution in [3.05, 3.63) is 34.1 Å². The highest BCUT2D eigenvalue weighted by molar-refractivity contribution is 9.10. The minimum absolute atomic E-state index is 0.124. The Balaban J connectivity index is 1.85. The quantitative estimate of drug-likeness (QED) is 0.679. The maximum atomic E-state index is 13.6. The van der Waals surface area contributed by atoms with Crippen molar-refractivity contribution < 1.29 is 14.3 Å². The Hall–Kier alpha value is -0.940. The van der Waals surface area contributed by atoms with Gasteiger partial charge in [0.2, 0.25) is 0 Å². The fourth-order valence-electron chi connectivity index (χ4n) is 2.04. The molecular weight excluding hydrogens is 301 g/mol. The summed E-state index contributed by atoms with van der Waals surface area (Å²) < 4.78 is 20.0. The molecule has 1 aromatic carbocycles. The molecule has 1 aromatic rings. The summed E-state index contributed by atoms with van der Waals surface area (Å²) in [6, 6.07) is 4.97. The third-order valence-corrected chi connectivity index (χ3v) is 3.63. The van der Waals surface area contributed by atoms with Crippen molar-refractivity contribution in [2.24, 2.45) is 5.16 Å². The molecule has 0 radical (unpaired) electrons. The van der Waals surface area contributed by atoms with E-state index in [2.05, 4.69) is 21.1 Å². The lowest BCUT2D eigenvalue weighted by molar-refractivity contribution is 0.0263. The molecule has 1 aliphatic rings. The van der Waals surface area contributed by atoms with Crippen molar-refractivity contribution in [1.29, 1.82) is 0 Å². The van der Waals surface area contributed by atoms with Crippen LogP contribution in [0.5, 0.6) is 0 Å². The van der Waals surface area contributed by atoms with E-state index in [-0.39, 0.29) is 18.5 Å². The van der Waals surface area contributed by atoms with Crippen LogP contribution in [-0.2, 0) is 11.3 Å². The molecule has 0 atom stereocenters. The maximum Gasteiger partial charge on any atom is 0.129 e. The summed E-state index contributed by atoms with van der Waals surface area (Å²) in [7, 11) is 0. The zero-order chi connectivity index (χ0) is 13.0. The van der Waals surface area contributed by atoms with E-state index >= 15 is 0 Å². The van der Waals surface area contributed by atoms with Gasteiger partial charge in [-0.3, -0.25) is 0 Å². The maximum absolute atomic E-state index is 13.6. The minimum atomic E-state index is -0.252. The smallest absolute Gasteiger partial charge is 0.129 e. The molecule has 1 fully saturated rings. The first-order valence-electron chi connectivity index (χ1n) is 5.94. The summed E-state index contributed by atoms with van der Waals surface area (Å²) in [5, 5.41) is 11.9. The van der Waals surface area contributed by atoms with E-state index in [4.69, 9.17) is 9.94 Å². The topological polar surface area (TPSA) is 41.8 Å². The summed E-state index contributed by atoms with van der Waals surface area (Å²) in [5.74, 6) is -0.252. The Morgan fingerprint density at radius 1 is 1.39 bits per heavy atom. The zero-order valence-corrected chi connectivity index (χ0v) is 11.5. The molecular formula is C13H15BrFNO2. The number of rotatable bonds is 3. The predicted molar refractivity (Wildman–Crippen MR) is 70.4 cm³/mol. The molecule has 1 aliphatic carbocycles. The molecule has 0 saturated heterocycles. The number of ether oxygens (including phenoxy) is 1. The van der Waals surface area contributed by atoms with Gasteiger partial charge in [-0.1, -0.05) is 27.2 Å². The fraction of sp³-hybridized carbons (Fsp3) is 0.462. The van der Waals surface area contributed by atoms with Crippen LogP contribution in [-0.4, -0.2) is 17.0 Å². The summed E-state index contributed by atoms with van der Waals surface area (Å²) in [6.07, 6.45) is 3.29. The normalized spacial score (nSPS) is 19.9. The van der Waals surface area contributed by atoms with Crippen molar-refractivity contribution in [1.82, 2.24) is 0 Å². The lowest BCUT2D eigenvalue weighted by Crippen LogP contribution is -2.21. The Bertz CT molecular complexity index is 441. The molecule has 3 nitrogen and oxygen atoms in total. The molecule has 0 amide bonds. The molecule has 98 valence electrons. The van der Waals surface area contributed by atoms with Gasteiger partial charge in [0.05, 0.1) is 18.4 Å². The van der Waals surface area contributed by atoms with E-state index in [0.29, 0.717) is 5.56 Å². The number of nitrogens with zero attached hydrogens (tertiary/aromatic N) is 1. The van der Waals surface area contributed by atoms with Crippen molar-refractivity contribution in [3.63, 3.8) is 0 Å². The van der Waals surface area contributed by atoms with Crippen LogP contribution in [0.4, 0.5) is 4.39 Å². The lowest BCUT2D eigenvalue weighted by Gasteiger charge is -2.22. The van der Waals surface area contributed by atoms with Crippen LogP contribution in [0.25, 0.3) is 0 Å². The van der Waals surface area contributed by atoms with Gasteiger partial charge in [-0.25, -0.2) is 4.39 Å². The van der Waals surface area contributed by atoms with Gasteiger partial charge in [-0.2, -0.15) is 0 Å². The van der Waals surface area contributed by atoms with Crippen LogP contribution in [0, 0.1) is 5.82 Å². The summed E-state index contributed by atoms with van der Waals surface area (Å²) in [4.78, 5) is 0. The van der Waals surface area contributed by atoms with Gasteiger partial charge in [0.15, 0.2) is 0 Å².